The number of aromatic nitrogens is 1. The number of nitrogens with one attached hydrogen (secondary N) is 3. The quantitative estimate of drug-likeness (QED) is 0.244. The summed E-state index contributed by atoms with van der Waals surface area (Å²) in [5.74, 6) is -1.43. The van der Waals surface area contributed by atoms with Crippen molar-refractivity contribution in [2.24, 2.45) is 5.92 Å². The van der Waals surface area contributed by atoms with Crippen LogP contribution < -0.4 is 20.7 Å². The Morgan fingerprint density at radius 1 is 1.05 bits per heavy atom. The summed E-state index contributed by atoms with van der Waals surface area (Å²) in [6, 6.07) is 5.16. The number of ether oxygens (including phenoxy) is 2. The zero-order valence-corrected chi connectivity index (χ0v) is 23.6. The molecule has 2 fully saturated rings. The highest BCUT2D eigenvalue weighted by atomic mass is 16.6. The maximum absolute atomic E-state index is 13.7. The van der Waals surface area contributed by atoms with Gasteiger partial charge in [0.05, 0.1) is 32.1 Å². The summed E-state index contributed by atoms with van der Waals surface area (Å²) < 4.78 is 15.5. The van der Waals surface area contributed by atoms with Crippen molar-refractivity contribution in [3.05, 3.63) is 47.3 Å². The van der Waals surface area contributed by atoms with Gasteiger partial charge in [0, 0.05) is 12.5 Å². The number of Topliss-reactive ketones (excluding diaryl/α,β-unsaturated/α-hetero) is 1. The van der Waals surface area contributed by atoms with Gasteiger partial charge in [-0.25, -0.2) is 0 Å². The van der Waals surface area contributed by atoms with Gasteiger partial charge in [-0.05, 0) is 43.9 Å². The summed E-state index contributed by atoms with van der Waals surface area (Å²) in [5.41, 5.74) is 0.282. The average molecular weight is 571 g/mol. The topological polar surface area (TPSA) is 172 Å². The molecule has 4 rings (SSSR count). The highest BCUT2D eigenvalue weighted by Crippen LogP contribution is 2.33. The molecule has 0 radical (unpaired) electrons. The summed E-state index contributed by atoms with van der Waals surface area (Å²) in [5, 5.41) is 21.5. The fourth-order valence-corrected chi connectivity index (χ4v) is 5.08. The molecule has 41 heavy (non-hydrogen) atoms. The van der Waals surface area contributed by atoms with Crippen LogP contribution in [0.15, 0.2) is 34.9 Å². The average Bonchev–Trinajstić information content (AvgIpc) is 3.30. The molecule has 1 saturated heterocycles. The van der Waals surface area contributed by atoms with E-state index < -0.39 is 48.1 Å². The van der Waals surface area contributed by atoms with Crippen LogP contribution in [0.3, 0.4) is 0 Å². The third kappa shape index (κ3) is 7.92. The van der Waals surface area contributed by atoms with Crippen molar-refractivity contribution in [1.82, 2.24) is 21.1 Å². The molecule has 0 spiro atoms. The van der Waals surface area contributed by atoms with E-state index in [4.69, 9.17) is 14.0 Å². The predicted molar refractivity (Wildman–Crippen MR) is 146 cm³/mol. The van der Waals surface area contributed by atoms with E-state index in [-0.39, 0.29) is 18.0 Å². The standard InChI is InChI=1S/C29H38N4O8/c1-17-12-24(41-33-17)28(38)32-23(15-34)27(37)31-22(14-19-8-10-20(39-3)11-9-19)26(36)30-21(13-18-6-4-5-7-18)25(35)29(2)16-40-29/h8-12,18,21-23,34H,4-7,13-16H2,1-3H3,(H,30,36)(H,31,37)(H,32,38). The molecule has 3 amide bonds. The number of carbonyl (C=O) groups is 4. The van der Waals surface area contributed by atoms with Crippen LogP contribution in [0.1, 0.15) is 60.8 Å². The molecule has 1 saturated carbocycles. The van der Waals surface area contributed by atoms with Crippen LogP contribution in [0.5, 0.6) is 5.75 Å². The zero-order chi connectivity index (χ0) is 29.6. The van der Waals surface area contributed by atoms with Crippen molar-refractivity contribution < 1.29 is 38.3 Å². The van der Waals surface area contributed by atoms with Gasteiger partial charge >= 0.3 is 0 Å². The smallest absolute Gasteiger partial charge is 0.290 e. The van der Waals surface area contributed by atoms with Gasteiger partial charge in [0.15, 0.2) is 5.78 Å². The number of hydrogen-bond acceptors (Lipinski definition) is 9. The second kappa shape index (κ2) is 13.3. The zero-order valence-electron chi connectivity index (χ0n) is 23.6. The minimum Gasteiger partial charge on any atom is -0.497 e. The highest BCUT2D eigenvalue weighted by molar-refractivity contribution is 5.99. The van der Waals surface area contributed by atoms with Crippen LogP contribution >= 0.6 is 0 Å². The van der Waals surface area contributed by atoms with E-state index in [2.05, 4.69) is 21.1 Å². The number of ketones is 1. The van der Waals surface area contributed by atoms with E-state index in [0.717, 1.165) is 31.2 Å². The minimum absolute atomic E-state index is 0.0903. The Morgan fingerprint density at radius 2 is 1.68 bits per heavy atom. The first kappa shape index (κ1) is 30.2. The highest BCUT2D eigenvalue weighted by Gasteiger charge is 2.50. The minimum atomic E-state index is -1.37. The largest absolute Gasteiger partial charge is 0.497 e. The number of aliphatic hydroxyl groups excluding tert-OH is 1. The lowest BCUT2D eigenvalue weighted by Gasteiger charge is -2.27. The molecule has 1 aromatic heterocycles. The van der Waals surface area contributed by atoms with E-state index in [0.29, 0.717) is 30.4 Å². The second-order valence-electron chi connectivity index (χ2n) is 11.0. The number of aryl methyl sites for hydroxylation is 1. The van der Waals surface area contributed by atoms with Crippen molar-refractivity contribution in [2.75, 3.05) is 20.3 Å². The molecule has 222 valence electrons. The van der Waals surface area contributed by atoms with Gasteiger partial charge < -0.3 is 35.1 Å². The van der Waals surface area contributed by atoms with Crippen LogP contribution in [0, 0.1) is 12.8 Å². The molecule has 1 aromatic carbocycles. The molecule has 4 N–H and O–H groups in total. The van der Waals surface area contributed by atoms with Gasteiger partial charge in [-0.15, -0.1) is 0 Å². The van der Waals surface area contributed by atoms with Gasteiger partial charge in [-0.1, -0.05) is 43.0 Å². The maximum atomic E-state index is 13.7. The molecule has 12 heteroatoms. The molecular weight excluding hydrogens is 532 g/mol. The Balaban J connectivity index is 1.51. The maximum Gasteiger partial charge on any atom is 0.290 e. The van der Waals surface area contributed by atoms with Gasteiger partial charge in [0.2, 0.25) is 17.6 Å². The second-order valence-corrected chi connectivity index (χ2v) is 11.0. The Hall–Kier alpha value is -3.77. The number of rotatable bonds is 14. The molecule has 2 aliphatic rings. The van der Waals surface area contributed by atoms with E-state index in [9.17, 15) is 24.3 Å². The van der Waals surface area contributed by atoms with Gasteiger partial charge in [0.25, 0.3) is 5.91 Å². The van der Waals surface area contributed by atoms with E-state index in [1.54, 1.807) is 45.2 Å². The van der Waals surface area contributed by atoms with Crippen LogP contribution in [-0.4, -0.2) is 77.8 Å². The lowest BCUT2D eigenvalue weighted by molar-refractivity contribution is -0.133. The van der Waals surface area contributed by atoms with Crippen molar-refractivity contribution in [3.8, 4) is 5.75 Å². The number of methoxy groups -OCH3 is 1. The molecule has 4 atom stereocenters. The Morgan fingerprint density at radius 3 is 2.24 bits per heavy atom. The molecule has 1 aliphatic carbocycles. The molecule has 1 aliphatic heterocycles. The summed E-state index contributed by atoms with van der Waals surface area (Å²) in [4.78, 5) is 52.7. The summed E-state index contributed by atoms with van der Waals surface area (Å²) >= 11 is 0. The summed E-state index contributed by atoms with van der Waals surface area (Å²) in [6.07, 6.45) is 4.75. The number of benzene rings is 1. The number of epoxide rings is 1. The molecule has 2 aromatic rings. The first-order chi connectivity index (χ1) is 19.6. The molecular formula is C29H38N4O8. The fraction of sp³-hybridized carbons (Fsp3) is 0.552. The number of hydrogen-bond donors (Lipinski definition) is 4. The first-order valence-electron chi connectivity index (χ1n) is 13.9. The molecule has 4 unspecified atom stereocenters. The van der Waals surface area contributed by atoms with Gasteiger partial charge in [-0.3, -0.25) is 19.2 Å². The first-order valence-corrected chi connectivity index (χ1v) is 13.9. The fourth-order valence-electron chi connectivity index (χ4n) is 5.08. The number of carbonyl (C=O) groups excluding carboxylic acids is 4. The van der Waals surface area contributed by atoms with Gasteiger partial charge in [0.1, 0.15) is 23.4 Å². The molecule has 2 heterocycles. The van der Waals surface area contributed by atoms with Crippen molar-refractivity contribution in [2.45, 2.75) is 76.1 Å². The van der Waals surface area contributed by atoms with Gasteiger partial charge in [-0.2, -0.15) is 0 Å². The van der Waals surface area contributed by atoms with Crippen molar-refractivity contribution in [1.29, 1.82) is 0 Å². The number of aliphatic hydroxyl groups is 1. The summed E-state index contributed by atoms with van der Waals surface area (Å²) in [6.45, 7) is 2.93. The Kier molecular flexibility index (Phi) is 9.77. The SMILES string of the molecule is COc1ccc(CC(NC(=O)C(CO)NC(=O)c2cc(C)no2)C(=O)NC(CC2CCCC2)C(=O)C2(C)CO2)cc1. The summed E-state index contributed by atoms with van der Waals surface area (Å²) in [7, 11) is 1.54. The van der Waals surface area contributed by atoms with Crippen LogP contribution in [0.2, 0.25) is 0 Å². The van der Waals surface area contributed by atoms with Crippen molar-refractivity contribution >= 4 is 23.5 Å². The van der Waals surface area contributed by atoms with Crippen LogP contribution in [0.25, 0.3) is 0 Å². The molecule has 12 nitrogen and oxygen atoms in total. The number of nitrogens with zero attached hydrogens (tertiary/aromatic N) is 1. The van der Waals surface area contributed by atoms with E-state index in [1.165, 1.54) is 6.07 Å². The van der Waals surface area contributed by atoms with Crippen molar-refractivity contribution in [3.63, 3.8) is 0 Å². The lowest BCUT2D eigenvalue weighted by Crippen LogP contribution is -2.58. The van der Waals surface area contributed by atoms with E-state index >= 15 is 0 Å². The lowest BCUT2D eigenvalue weighted by atomic mass is 9.90. The normalized spacial score (nSPS) is 20.5. The Bertz CT molecular complexity index is 1230. The van der Waals surface area contributed by atoms with Crippen LogP contribution in [-0.2, 0) is 25.5 Å². The third-order valence-electron chi connectivity index (χ3n) is 7.66. The Labute approximate surface area is 238 Å². The number of amides is 3. The van der Waals surface area contributed by atoms with E-state index in [1.807, 2.05) is 0 Å². The monoisotopic (exact) mass is 570 g/mol. The van der Waals surface area contributed by atoms with Crippen LogP contribution in [0.4, 0.5) is 0 Å². The predicted octanol–water partition coefficient (Wildman–Crippen LogP) is 1.23. The molecule has 0 bridgehead atoms. The third-order valence-corrected chi connectivity index (χ3v) is 7.66.